The predicted octanol–water partition coefficient (Wildman–Crippen LogP) is 7.42. The zero-order chi connectivity index (χ0) is 28.0. The van der Waals surface area contributed by atoms with E-state index in [0.29, 0.717) is 10.2 Å². The molecule has 4 aromatic carbocycles. The average Bonchev–Trinajstić information content (AvgIpc) is 2.92. The van der Waals surface area contributed by atoms with E-state index in [4.69, 9.17) is 4.74 Å². The van der Waals surface area contributed by atoms with Gasteiger partial charge in [0.1, 0.15) is 18.4 Å². The second-order valence-corrected chi connectivity index (χ2v) is 11.4. The summed E-state index contributed by atoms with van der Waals surface area (Å²) in [6, 6.07) is 29.9. The molecule has 0 saturated carbocycles. The third-order valence-electron chi connectivity index (χ3n) is 6.50. The number of carbonyl (C=O) groups is 2. The first kappa shape index (κ1) is 28.1. The largest absolute Gasteiger partial charge is 0.488 e. The van der Waals surface area contributed by atoms with Gasteiger partial charge in [-0.25, -0.2) is 4.79 Å². The molecule has 4 rings (SSSR count). The van der Waals surface area contributed by atoms with Gasteiger partial charge in [-0.1, -0.05) is 116 Å². The van der Waals surface area contributed by atoms with Crippen LogP contribution in [0.15, 0.2) is 102 Å². The molecule has 1 amide bonds. The van der Waals surface area contributed by atoms with Gasteiger partial charge in [0.25, 0.3) is 5.91 Å². The standard InChI is InChI=1S/C33H32BrNO4/c1-33(2,3)26-15-11-23(12-16-26)21-39-30-18-17-27(34)20-28(30)31(36)35-29(32(37)38)19-22-9-13-25(14-10-22)24-7-5-4-6-8-24/h4-18,20,29H,19,21H2,1-3H3,(H,35,36)(H,37,38). The smallest absolute Gasteiger partial charge is 0.326 e. The Hall–Kier alpha value is -3.90. The molecule has 2 N–H and O–H groups in total. The van der Waals surface area contributed by atoms with E-state index in [2.05, 4.69) is 54.2 Å². The van der Waals surface area contributed by atoms with Gasteiger partial charge in [-0.3, -0.25) is 4.79 Å². The maximum atomic E-state index is 13.3. The summed E-state index contributed by atoms with van der Waals surface area (Å²) >= 11 is 3.41. The lowest BCUT2D eigenvalue weighted by Gasteiger charge is -2.19. The molecule has 0 radical (unpaired) electrons. The molecule has 0 heterocycles. The van der Waals surface area contributed by atoms with Crippen LogP contribution in [0.4, 0.5) is 0 Å². The number of ether oxygens (including phenoxy) is 1. The number of carbonyl (C=O) groups excluding carboxylic acids is 1. The maximum absolute atomic E-state index is 13.3. The predicted molar refractivity (Wildman–Crippen MR) is 158 cm³/mol. The van der Waals surface area contributed by atoms with Gasteiger partial charge in [-0.05, 0) is 51.4 Å². The summed E-state index contributed by atoms with van der Waals surface area (Å²) in [5.74, 6) is -1.23. The van der Waals surface area contributed by atoms with Crippen molar-refractivity contribution in [3.8, 4) is 16.9 Å². The quantitative estimate of drug-likeness (QED) is 0.214. The van der Waals surface area contributed by atoms with Crippen LogP contribution in [0.1, 0.15) is 47.8 Å². The lowest BCUT2D eigenvalue weighted by molar-refractivity contribution is -0.139. The topological polar surface area (TPSA) is 75.6 Å². The lowest BCUT2D eigenvalue weighted by atomic mass is 9.87. The molecule has 6 heteroatoms. The van der Waals surface area contributed by atoms with Gasteiger partial charge in [0.05, 0.1) is 5.56 Å². The van der Waals surface area contributed by atoms with Crippen LogP contribution in [-0.4, -0.2) is 23.0 Å². The third kappa shape index (κ3) is 7.58. The van der Waals surface area contributed by atoms with Crippen molar-refractivity contribution in [3.63, 3.8) is 0 Å². The fourth-order valence-electron chi connectivity index (χ4n) is 4.20. The third-order valence-corrected chi connectivity index (χ3v) is 7.00. The number of carboxylic acids is 1. The van der Waals surface area contributed by atoms with E-state index >= 15 is 0 Å². The van der Waals surface area contributed by atoms with E-state index in [1.807, 2.05) is 66.7 Å². The average molecular weight is 587 g/mol. The van der Waals surface area contributed by atoms with Crippen LogP contribution >= 0.6 is 15.9 Å². The molecular formula is C33H32BrNO4. The Morgan fingerprint density at radius 3 is 2.08 bits per heavy atom. The Morgan fingerprint density at radius 2 is 1.46 bits per heavy atom. The van der Waals surface area contributed by atoms with Crippen molar-refractivity contribution >= 4 is 27.8 Å². The van der Waals surface area contributed by atoms with Gasteiger partial charge in [-0.2, -0.15) is 0 Å². The van der Waals surface area contributed by atoms with Crippen LogP contribution < -0.4 is 10.1 Å². The van der Waals surface area contributed by atoms with Crippen molar-refractivity contribution in [2.45, 2.75) is 45.3 Å². The summed E-state index contributed by atoms with van der Waals surface area (Å²) in [4.78, 5) is 25.3. The minimum Gasteiger partial charge on any atom is -0.488 e. The number of halogens is 1. The van der Waals surface area contributed by atoms with Gasteiger partial charge in [0.2, 0.25) is 0 Å². The van der Waals surface area contributed by atoms with Crippen LogP contribution in [0.3, 0.4) is 0 Å². The van der Waals surface area contributed by atoms with Crippen molar-refractivity contribution < 1.29 is 19.4 Å². The van der Waals surface area contributed by atoms with E-state index in [1.54, 1.807) is 18.2 Å². The summed E-state index contributed by atoms with van der Waals surface area (Å²) in [5.41, 5.74) is 5.46. The highest BCUT2D eigenvalue weighted by molar-refractivity contribution is 9.10. The molecule has 0 bridgehead atoms. The molecule has 200 valence electrons. The molecule has 0 aromatic heterocycles. The van der Waals surface area contributed by atoms with Crippen molar-refractivity contribution in [2.75, 3.05) is 0 Å². The number of hydrogen-bond acceptors (Lipinski definition) is 3. The lowest BCUT2D eigenvalue weighted by Crippen LogP contribution is -2.42. The Morgan fingerprint density at radius 1 is 0.846 bits per heavy atom. The van der Waals surface area contributed by atoms with Gasteiger partial charge >= 0.3 is 5.97 Å². The summed E-state index contributed by atoms with van der Waals surface area (Å²) in [6.07, 6.45) is 0.153. The normalized spacial score (nSPS) is 12.0. The molecule has 0 saturated heterocycles. The molecule has 0 aliphatic rings. The van der Waals surface area contributed by atoms with Crippen LogP contribution in [0.5, 0.6) is 5.75 Å². The molecule has 0 fully saturated rings. The van der Waals surface area contributed by atoms with Crippen molar-refractivity contribution in [2.24, 2.45) is 0 Å². The van der Waals surface area contributed by atoms with Crippen molar-refractivity contribution in [3.05, 3.63) is 124 Å². The highest BCUT2D eigenvalue weighted by Crippen LogP contribution is 2.26. The molecule has 1 atom stereocenters. The summed E-state index contributed by atoms with van der Waals surface area (Å²) in [6.45, 7) is 6.77. The van der Waals surface area contributed by atoms with Crippen LogP contribution in [-0.2, 0) is 23.2 Å². The number of nitrogens with one attached hydrogen (secondary N) is 1. The molecule has 4 aromatic rings. The van der Waals surface area contributed by atoms with E-state index in [9.17, 15) is 14.7 Å². The number of benzene rings is 4. The zero-order valence-electron chi connectivity index (χ0n) is 22.3. The zero-order valence-corrected chi connectivity index (χ0v) is 23.9. The Balaban J connectivity index is 1.45. The Labute approximate surface area is 238 Å². The number of hydrogen-bond donors (Lipinski definition) is 2. The summed E-state index contributed by atoms with van der Waals surface area (Å²) in [7, 11) is 0. The Bertz CT molecular complexity index is 1430. The first-order chi connectivity index (χ1) is 18.6. The van der Waals surface area contributed by atoms with Crippen LogP contribution in [0.2, 0.25) is 0 Å². The van der Waals surface area contributed by atoms with E-state index in [0.717, 1.165) is 22.3 Å². The Kier molecular flexibility index (Phi) is 8.87. The fourth-order valence-corrected chi connectivity index (χ4v) is 4.56. The summed E-state index contributed by atoms with van der Waals surface area (Å²) < 4.78 is 6.70. The van der Waals surface area contributed by atoms with Gasteiger partial charge in [0.15, 0.2) is 0 Å². The highest BCUT2D eigenvalue weighted by Gasteiger charge is 2.23. The molecular weight excluding hydrogens is 554 g/mol. The first-order valence-corrected chi connectivity index (χ1v) is 13.6. The van der Waals surface area contributed by atoms with Crippen molar-refractivity contribution in [1.82, 2.24) is 5.32 Å². The monoisotopic (exact) mass is 585 g/mol. The van der Waals surface area contributed by atoms with E-state index in [-0.39, 0.29) is 24.0 Å². The minimum atomic E-state index is -1.10. The van der Waals surface area contributed by atoms with Crippen LogP contribution in [0.25, 0.3) is 11.1 Å². The van der Waals surface area contributed by atoms with Gasteiger partial charge in [-0.15, -0.1) is 0 Å². The fraction of sp³-hybridized carbons (Fsp3) is 0.212. The maximum Gasteiger partial charge on any atom is 0.326 e. The number of aliphatic carboxylic acids is 1. The van der Waals surface area contributed by atoms with E-state index < -0.39 is 17.9 Å². The van der Waals surface area contributed by atoms with Crippen molar-refractivity contribution in [1.29, 1.82) is 0 Å². The van der Waals surface area contributed by atoms with Gasteiger partial charge < -0.3 is 15.2 Å². The molecule has 1 unspecified atom stereocenters. The number of carboxylic acid groups (broad SMARTS) is 1. The molecule has 0 aliphatic carbocycles. The minimum absolute atomic E-state index is 0.0565. The number of amides is 1. The summed E-state index contributed by atoms with van der Waals surface area (Å²) in [5, 5.41) is 12.5. The molecule has 5 nitrogen and oxygen atoms in total. The first-order valence-electron chi connectivity index (χ1n) is 12.8. The highest BCUT2D eigenvalue weighted by atomic mass is 79.9. The van der Waals surface area contributed by atoms with Gasteiger partial charge in [0, 0.05) is 10.9 Å². The van der Waals surface area contributed by atoms with Crippen LogP contribution in [0, 0.1) is 0 Å². The second-order valence-electron chi connectivity index (χ2n) is 10.5. The van der Waals surface area contributed by atoms with E-state index in [1.165, 1.54) is 5.56 Å². The molecule has 39 heavy (non-hydrogen) atoms. The number of rotatable bonds is 9. The SMILES string of the molecule is CC(C)(C)c1ccc(COc2ccc(Br)cc2C(=O)NC(Cc2ccc(-c3ccccc3)cc2)C(=O)O)cc1. The second kappa shape index (κ2) is 12.3. The molecule has 0 spiro atoms. The molecule has 0 aliphatic heterocycles.